The molecule has 0 bridgehead atoms. The van der Waals surface area contributed by atoms with Crippen molar-refractivity contribution in [2.75, 3.05) is 0 Å². The van der Waals surface area contributed by atoms with E-state index in [0.717, 1.165) is 17.4 Å². The van der Waals surface area contributed by atoms with E-state index in [1.54, 1.807) is 0 Å². The Morgan fingerprint density at radius 2 is 1.71 bits per heavy atom. The molecule has 1 unspecified atom stereocenters. The molecule has 0 aliphatic heterocycles. The summed E-state index contributed by atoms with van der Waals surface area (Å²) in [7, 11) is 0. The normalized spacial score (nSPS) is 12.6. The number of hydrogen-bond acceptors (Lipinski definition) is 1. The van der Waals surface area contributed by atoms with Crippen LogP contribution < -0.4 is 5.32 Å². The van der Waals surface area contributed by atoms with Crippen molar-refractivity contribution < 1.29 is 0 Å². The molecule has 21 heavy (non-hydrogen) atoms. The van der Waals surface area contributed by atoms with Gasteiger partial charge in [0.05, 0.1) is 0 Å². The number of nitrogens with one attached hydrogen (secondary N) is 1. The summed E-state index contributed by atoms with van der Waals surface area (Å²) in [5, 5.41) is 3.66. The molecule has 1 nitrogen and oxygen atoms in total. The molecule has 112 valence electrons. The average Bonchev–Trinajstić information content (AvgIpc) is 2.48. The van der Waals surface area contributed by atoms with Crippen molar-refractivity contribution >= 4 is 15.9 Å². The minimum Gasteiger partial charge on any atom is -0.306 e. The van der Waals surface area contributed by atoms with Crippen LogP contribution in [0, 0.1) is 0 Å². The van der Waals surface area contributed by atoms with E-state index in [1.165, 1.54) is 16.7 Å². The zero-order valence-corrected chi connectivity index (χ0v) is 14.7. The van der Waals surface area contributed by atoms with Gasteiger partial charge in [-0.25, -0.2) is 0 Å². The van der Waals surface area contributed by atoms with Gasteiger partial charge in [-0.1, -0.05) is 73.1 Å². The van der Waals surface area contributed by atoms with E-state index in [9.17, 15) is 0 Å². The number of hydrogen-bond donors (Lipinski definition) is 1. The van der Waals surface area contributed by atoms with Gasteiger partial charge in [0.1, 0.15) is 0 Å². The highest BCUT2D eigenvalue weighted by atomic mass is 79.9. The minimum absolute atomic E-state index is 0.396. The summed E-state index contributed by atoms with van der Waals surface area (Å²) in [5.41, 5.74) is 4.08. The molecular formula is C19H24BrN. The molecule has 0 aromatic heterocycles. The van der Waals surface area contributed by atoms with Crippen LogP contribution in [0.3, 0.4) is 0 Å². The summed E-state index contributed by atoms with van der Waals surface area (Å²) >= 11 is 3.55. The summed E-state index contributed by atoms with van der Waals surface area (Å²) in [6, 6.07) is 17.9. The van der Waals surface area contributed by atoms with E-state index >= 15 is 0 Å². The van der Waals surface area contributed by atoms with Crippen LogP contribution in [-0.4, -0.2) is 0 Å². The zero-order valence-electron chi connectivity index (χ0n) is 13.1. The molecule has 0 aliphatic rings. The standard InChI is InChI=1S/C19H24BrN/c1-4-19(17-6-5-7-18(20)12-17)21-13-15-8-10-16(11-9-15)14(2)3/h5-12,14,19,21H,4,13H2,1-3H3. The first kappa shape index (κ1) is 16.3. The van der Waals surface area contributed by atoms with Crippen molar-refractivity contribution in [3.8, 4) is 0 Å². The summed E-state index contributed by atoms with van der Waals surface area (Å²) in [5.74, 6) is 0.595. The van der Waals surface area contributed by atoms with Crippen molar-refractivity contribution in [2.45, 2.75) is 45.7 Å². The van der Waals surface area contributed by atoms with Crippen LogP contribution in [0.25, 0.3) is 0 Å². The van der Waals surface area contributed by atoms with E-state index in [1.807, 2.05) is 0 Å². The maximum absolute atomic E-state index is 3.66. The maximum Gasteiger partial charge on any atom is 0.0321 e. The second-order valence-corrected chi connectivity index (χ2v) is 6.71. The van der Waals surface area contributed by atoms with Gasteiger partial charge in [0.25, 0.3) is 0 Å². The second-order valence-electron chi connectivity index (χ2n) is 5.79. The van der Waals surface area contributed by atoms with Gasteiger partial charge in [-0.3, -0.25) is 0 Å². The summed E-state index contributed by atoms with van der Waals surface area (Å²) in [4.78, 5) is 0. The second kappa shape index (κ2) is 7.77. The average molecular weight is 346 g/mol. The Morgan fingerprint density at radius 3 is 2.29 bits per heavy atom. The summed E-state index contributed by atoms with van der Waals surface area (Å²) < 4.78 is 1.14. The fourth-order valence-corrected chi connectivity index (χ4v) is 2.90. The van der Waals surface area contributed by atoms with E-state index in [0.29, 0.717) is 12.0 Å². The summed E-state index contributed by atoms with van der Waals surface area (Å²) in [6.45, 7) is 7.59. The predicted octanol–water partition coefficient (Wildman–Crippen LogP) is 5.81. The molecule has 0 heterocycles. The lowest BCUT2D eigenvalue weighted by atomic mass is 10.0. The van der Waals surface area contributed by atoms with Crippen molar-refractivity contribution in [2.24, 2.45) is 0 Å². The molecule has 2 aromatic carbocycles. The van der Waals surface area contributed by atoms with Crippen molar-refractivity contribution in [3.63, 3.8) is 0 Å². The molecule has 0 saturated heterocycles. The van der Waals surface area contributed by atoms with Crippen LogP contribution in [0.15, 0.2) is 53.0 Å². The molecule has 0 aliphatic carbocycles. The predicted molar refractivity (Wildman–Crippen MR) is 94.5 cm³/mol. The fraction of sp³-hybridized carbons (Fsp3) is 0.368. The quantitative estimate of drug-likeness (QED) is 0.696. The van der Waals surface area contributed by atoms with E-state index < -0.39 is 0 Å². The van der Waals surface area contributed by atoms with E-state index in [2.05, 4.69) is 90.5 Å². The Kier molecular flexibility index (Phi) is 6.01. The van der Waals surface area contributed by atoms with Gasteiger partial charge >= 0.3 is 0 Å². The topological polar surface area (TPSA) is 12.0 Å². The Morgan fingerprint density at radius 1 is 1.00 bits per heavy atom. The molecule has 1 N–H and O–H groups in total. The largest absolute Gasteiger partial charge is 0.306 e. The molecule has 2 aromatic rings. The molecule has 2 heteroatoms. The first-order valence-electron chi connectivity index (χ1n) is 7.67. The number of rotatable bonds is 6. The Hall–Kier alpha value is -1.12. The van der Waals surface area contributed by atoms with Gasteiger partial charge in [0.2, 0.25) is 0 Å². The summed E-state index contributed by atoms with van der Waals surface area (Å²) in [6.07, 6.45) is 1.08. The third-order valence-electron chi connectivity index (χ3n) is 3.86. The van der Waals surface area contributed by atoms with Crippen LogP contribution in [-0.2, 0) is 6.54 Å². The fourth-order valence-electron chi connectivity index (χ4n) is 2.48. The van der Waals surface area contributed by atoms with Crippen molar-refractivity contribution in [3.05, 3.63) is 69.7 Å². The van der Waals surface area contributed by atoms with E-state index in [-0.39, 0.29) is 0 Å². The first-order valence-corrected chi connectivity index (χ1v) is 8.47. The maximum atomic E-state index is 3.66. The van der Waals surface area contributed by atoms with Gasteiger partial charge in [-0.2, -0.15) is 0 Å². The van der Waals surface area contributed by atoms with Crippen LogP contribution >= 0.6 is 15.9 Å². The highest BCUT2D eigenvalue weighted by molar-refractivity contribution is 9.10. The molecule has 1 atom stereocenters. The van der Waals surface area contributed by atoms with Crippen LogP contribution in [0.5, 0.6) is 0 Å². The molecule has 0 radical (unpaired) electrons. The molecule has 0 spiro atoms. The third-order valence-corrected chi connectivity index (χ3v) is 4.35. The lowest BCUT2D eigenvalue weighted by Gasteiger charge is -2.18. The smallest absolute Gasteiger partial charge is 0.0321 e. The monoisotopic (exact) mass is 345 g/mol. The Bertz CT molecular complexity index is 560. The van der Waals surface area contributed by atoms with Gasteiger partial charge in [0, 0.05) is 17.1 Å². The third kappa shape index (κ3) is 4.69. The SMILES string of the molecule is CCC(NCc1ccc(C(C)C)cc1)c1cccc(Br)c1. The van der Waals surface area contributed by atoms with Crippen LogP contribution in [0.2, 0.25) is 0 Å². The Labute approximate surface area is 136 Å². The molecule has 2 rings (SSSR count). The molecular weight excluding hydrogens is 322 g/mol. The van der Waals surface area contributed by atoms with Crippen molar-refractivity contribution in [1.82, 2.24) is 5.32 Å². The van der Waals surface area contributed by atoms with E-state index in [4.69, 9.17) is 0 Å². The van der Waals surface area contributed by atoms with Gasteiger partial charge in [-0.15, -0.1) is 0 Å². The highest BCUT2D eigenvalue weighted by Crippen LogP contribution is 2.21. The molecule has 0 saturated carbocycles. The van der Waals surface area contributed by atoms with Gasteiger partial charge < -0.3 is 5.32 Å². The van der Waals surface area contributed by atoms with Crippen LogP contribution in [0.4, 0.5) is 0 Å². The van der Waals surface area contributed by atoms with Gasteiger partial charge in [0.15, 0.2) is 0 Å². The molecule has 0 fully saturated rings. The Balaban J connectivity index is 2.00. The zero-order chi connectivity index (χ0) is 15.2. The number of halogens is 1. The first-order chi connectivity index (χ1) is 10.1. The van der Waals surface area contributed by atoms with Crippen LogP contribution in [0.1, 0.15) is 55.8 Å². The molecule has 0 amide bonds. The minimum atomic E-state index is 0.396. The lowest BCUT2D eigenvalue weighted by molar-refractivity contribution is 0.519. The van der Waals surface area contributed by atoms with Crippen molar-refractivity contribution in [1.29, 1.82) is 0 Å². The number of benzene rings is 2. The lowest BCUT2D eigenvalue weighted by Crippen LogP contribution is -2.20. The highest BCUT2D eigenvalue weighted by Gasteiger charge is 2.09. The van der Waals surface area contributed by atoms with Gasteiger partial charge in [-0.05, 0) is 41.2 Å².